The highest BCUT2D eigenvalue weighted by Crippen LogP contribution is 2.08. The fourth-order valence-electron chi connectivity index (χ4n) is 1.75. The number of nitrogens with zero attached hydrogens (tertiary/aromatic N) is 1. The molecule has 0 unspecified atom stereocenters. The van der Waals surface area contributed by atoms with Crippen LogP contribution in [0, 0.1) is 10.5 Å². The summed E-state index contributed by atoms with van der Waals surface area (Å²) in [5.74, 6) is 0. The largest absolute Gasteiger partial charge is 0.377 e. The predicted molar refractivity (Wildman–Crippen MR) is 80.5 cm³/mol. The molecule has 1 aromatic carbocycles. The number of rotatable bonds is 6. The van der Waals surface area contributed by atoms with Crippen LogP contribution in [0.2, 0.25) is 0 Å². The van der Waals surface area contributed by atoms with Crippen LogP contribution < -0.4 is 0 Å². The van der Waals surface area contributed by atoms with Gasteiger partial charge >= 0.3 is 0 Å². The zero-order valence-corrected chi connectivity index (χ0v) is 12.6. The first-order chi connectivity index (χ1) is 8.75. The number of aromatic amines is 1. The van der Waals surface area contributed by atoms with Crippen LogP contribution in [0.15, 0.2) is 30.6 Å². The molecule has 1 aromatic heterocycles. The minimum Gasteiger partial charge on any atom is -0.377 e. The van der Waals surface area contributed by atoms with E-state index in [-0.39, 0.29) is 0 Å². The first-order valence-corrected chi connectivity index (χ1v) is 7.14. The summed E-state index contributed by atoms with van der Waals surface area (Å²) in [6.07, 6.45) is 3.73. The van der Waals surface area contributed by atoms with Gasteiger partial charge in [0.15, 0.2) is 0 Å². The monoisotopic (exact) mass is 356 g/mol. The van der Waals surface area contributed by atoms with Gasteiger partial charge in [0.1, 0.15) is 0 Å². The Balaban J connectivity index is 1.64. The molecule has 0 fully saturated rings. The fourth-order valence-corrected chi connectivity index (χ4v) is 2.11. The molecule has 0 aliphatic carbocycles. The molecule has 0 saturated carbocycles. The first-order valence-electron chi connectivity index (χ1n) is 6.07. The Morgan fingerprint density at radius 2 is 2.06 bits per heavy atom. The van der Waals surface area contributed by atoms with Crippen molar-refractivity contribution in [2.24, 2.45) is 0 Å². The molecule has 2 rings (SSSR count). The predicted octanol–water partition coefficient (Wildman–Crippen LogP) is 3.47. The lowest BCUT2D eigenvalue weighted by atomic mass is 10.2. The first kappa shape index (κ1) is 13.5. The Morgan fingerprint density at radius 3 is 2.72 bits per heavy atom. The standard InChI is InChI=1S/C14H17IN2O/c1-11-14(17-10-16-11)3-2-8-18-9-12-4-6-13(15)7-5-12/h4-7,10H,2-3,8-9H2,1H3,(H,16,17). The highest BCUT2D eigenvalue weighted by atomic mass is 127. The maximum atomic E-state index is 5.66. The molecule has 0 spiro atoms. The highest BCUT2D eigenvalue weighted by Gasteiger charge is 2.00. The third-order valence-electron chi connectivity index (χ3n) is 2.82. The molecule has 0 aliphatic heterocycles. The van der Waals surface area contributed by atoms with Gasteiger partial charge in [-0.3, -0.25) is 0 Å². The van der Waals surface area contributed by atoms with Crippen molar-refractivity contribution in [1.82, 2.24) is 9.97 Å². The molecular weight excluding hydrogens is 339 g/mol. The number of ether oxygens (including phenoxy) is 1. The third kappa shape index (κ3) is 4.10. The molecule has 0 amide bonds. The van der Waals surface area contributed by atoms with Crippen molar-refractivity contribution in [3.63, 3.8) is 0 Å². The third-order valence-corrected chi connectivity index (χ3v) is 3.54. The van der Waals surface area contributed by atoms with Crippen molar-refractivity contribution in [1.29, 1.82) is 0 Å². The van der Waals surface area contributed by atoms with Crippen molar-refractivity contribution in [3.05, 3.63) is 51.1 Å². The van der Waals surface area contributed by atoms with Gasteiger partial charge in [-0.1, -0.05) is 12.1 Å². The SMILES string of the molecule is Cc1[nH]cnc1CCCOCc1ccc(I)cc1. The summed E-state index contributed by atoms with van der Waals surface area (Å²) >= 11 is 2.31. The molecule has 4 heteroatoms. The number of benzene rings is 1. The number of aryl methyl sites for hydroxylation is 2. The number of aromatic nitrogens is 2. The Bertz CT molecular complexity index is 479. The summed E-state index contributed by atoms with van der Waals surface area (Å²) in [5, 5.41) is 0. The molecule has 18 heavy (non-hydrogen) atoms. The van der Waals surface area contributed by atoms with Crippen LogP contribution in [0.4, 0.5) is 0 Å². The summed E-state index contributed by atoms with van der Waals surface area (Å²) in [6.45, 7) is 3.52. The van der Waals surface area contributed by atoms with Gasteiger partial charge in [0.05, 0.1) is 18.6 Å². The maximum absolute atomic E-state index is 5.66. The molecule has 0 atom stereocenters. The van der Waals surface area contributed by atoms with Gasteiger partial charge in [0.25, 0.3) is 0 Å². The van der Waals surface area contributed by atoms with Crippen LogP contribution in [0.3, 0.4) is 0 Å². The van der Waals surface area contributed by atoms with E-state index in [1.165, 1.54) is 9.13 Å². The second-order valence-electron chi connectivity index (χ2n) is 4.26. The van der Waals surface area contributed by atoms with E-state index in [2.05, 4.69) is 63.7 Å². The second-order valence-corrected chi connectivity index (χ2v) is 5.50. The minimum absolute atomic E-state index is 0.691. The Labute approximate surface area is 121 Å². The van der Waals surface area contributed by atoms with E-state index in [4.69, 9.17) is 4.74 Å². The Hall–Kier alpha value is -0.880. The Kier molecular flexibility index (Phi) is 5.19. The van der Waals surface area contributed by atoms with Gasteiger partial charge in [-0.25, -0.2) is 4.98 Å². The van der Waals surface area contributed by atoms with E-state index < -0.39 is 0 Å². The van der Waals surface area contributed by atoms with E-state index in [0.29, 0.717) is 6.61 Å². The number of hydrogen-bond acceptors (Lipinski definition) is 2. The van der Waals surface area contributed by atoms with E-state index in [0.717, 1.165) is 30.8 Å². The number of hydrogen-bond donors (Lipinski definition) is 1. The van der Waals surface area contributed by atoms with Crippen LogP contribution in [0.1, 0.15) is 23.4 Å². The van der Waals surface area contributed by atoms with Crippen LogP contribution in [0.5, 0.6) is 0 Å². The van der Waals surface area contributed by atoms with Crippen molar-refractivity contribution in [3.8, 4) is 0 Å². The summed E-state index contributed by atoms with van der Waals surface area (Å²) in [6, 6.07) is 8.43. The molecule has 0 aliphatic rings. The van der Waals surface area contributed by atoms with E-state index in [1.54, 1.807) is 6.33 Å². The van der Waals surface area contributed by atoms with Crippen molar-refractivity contribution in [2.75, 3.05) is 6.61 Å². The van der Waals surface area contributed by atoms with Gasteiger partial charge in [-0.2, -0.15) is 0 Å². The lowest BCUT2D eigenvalue weighted by Gasteiger charge is -2.04. The molecule has 0 saturated heterocycles. The quantitative estimate of drug-likeness (QED) is 0.636. The van der Waals surface area contributed by atoms with Gasteiger partial charge < -0.3 is 9.72 Å². The number of imidazole rings is 1. The van der Waals surface area contributed by atoms with Gasteiger partial charge in [-0.15, -0.1) is 0 Å². The topological polar surface area (TPSA) is 37.9 Å². The average molecular weight is 356 g/mol. The average Bonchev–Trinajstić information content (AvgIpc) is 2.77. The summed E-state index contributed by atoms with van der Waals surface area (Å²) in [4.78, 5) is 7.36. The van der Waals surface area contributed by atoms with Crippen LogP contribution in [0.25, 0.3) is 0 Å². The van der Waals surface area contributed by atoms with Crippen LogP contribution >= 0.6 is 22.6 Å². The van der Waals surface area contributed by atoms with E-state index in [9.17, 15) is 0 Å². The highest BCUT2D eigenvalue weighted by molar-refractivity contribution is 14.1. The van der Waals surface area contributed by atoms with Gasteiger partial charge in [-0.05, 0) is 60.1 Å². The van der Waals surface area contributed by atoms with Crippen molar-refractivity contribution >= 4 is 22.6 Å². The summed E-state index contributed by atoms with van der Waals surface area (Å²) < 4.78 is 6.91. The van der Waals surface area contributed by atoms with Gasteiger partial charge in [0, 0.05) is 15.9 Å². The second kappa shape index (κ2) is 6.89. The normalized spacial score (nSPS) is 10.8. The number of H-pyrrole nitrogens is 1. The lowest BCUT2D eigenvalue weighted by molar-refractivity contribution is 0.118. The van der Waals surface area contributed by atoms with E-state index >= 15 is 0 Å². The summed E-state index contributed by atoms with van der Waals surface area (Å²) in [5.41, 5.74) is 3.53. The molecule has 2 aromatic rings. The van der Waals surface area contributed by atoms with E-state index in [1.807, 2.05) is 0 Å². The van der Waals surface area contributed by atoms with Crippen LogP contribution in [-0.4, -0.2) is 16.6 Å². The molecule has 1 heterocycles. The van der Waals surface area contributed by atoms with Gasteiger partial charge in [0.2, 0.25) is 0 Å². The number of nitrogens with one attached hydrogen (secondary N) is 1. The Morgan fingerprint density at radius 1 is 1.28 bits per heavy atom. The molecular formula is C14H17IN2O. The number of halogens is 1. The smallest absolute Gasteiger partial charge is 0.0925 e. The van der Waals surface area contributed by atoms with Crippen molar-refractivity contribution < 1.29 is 4.74 Å². The molecule has 96 valence electrons. The van der Waals surface area contributed by atoms with Crippen LogP contribution in [-0.2, 0) is 17.8 Å². The fraction of sp³-hybridized carbons (Fsp3) is 0.357. The molecule has 0 radical (unpaired) electrons. The molecule has 3 nitrogen and oxygen atoms in total. The zero-order valence-electron chi connectivity index (χ0n) is 10.4. The maximum Gasteiger partial charge on any atom is 0.0925 e. The minimum atomic E-state index is 0.691. The summed E-state index contributed by atoms with van der Waals surface area (Å²) in [7, 11) is 0. The molecule has 1 N–H and O–H groups in total. The van der Waals surface area contributed by atoms with Crippen molar-refractivity contribution in [2.45, 2.75) is 26.4 Å². The lowest BCUT2D eigenvalue weighted by Crippen LogP contribution is -1.98. The molecule has 0 bridgehead atoms. The zero-order chi connectivity index (χ0) is 12.8.